The number of fused-ring (bicyclic) bond motifs is 2. The van der Waals surface area contributed by atoms with Gasteiger partial charge in [0.05, 0.1) is 23.6 Å². The van der Waals surface area contributed by atoms with Crippen LogP contribution in [0.1, 0.15) is 63.3 Å². The van der Waals surface area contributed by atoms with E-state index in [0.717, 1.165) is 21.7 Å². The van der Waals surface area contributed by atoms with Crippen LogP contribution in [0.4, 0.5) is 5.13 Å². The summed E-state index contributed by atoms with van der Waals surface area (Å²) in [7, 11) is 0. The Morgan fingerprint density at radius 2 is 1.71 bits per heavy atom. The molecule has 1 aliphatic heterocycles. The number of nitrogens with zero attached hydrogens (tertiary/aromatic N) is 3. The summed E-state index contributed by atoms with van der Waals surface area (Å²) < 4.78 is 18.3. The van der Waals surface area contributed by atoms with Crippen molar-refractivity contribution in [3.05, 3.63) is 109 Å². The van der Waals surface area contributed by atoms with Crippen LogP contribution in [-0.4, -0.2) is 22.7 Å². The molecule has 0 N–H and O–H groups in total. The number of aromatic nitrogens is 2. The molecule has 208 valence electrons. The first-order valence-corrected chi connectivity index (χ1v) is 14.4. The normalized spacial score (nSPS) is 14.5. The van der Waals surface area contributed by atoms with Crippen molar-refractivity contribution < 1.29 is 18.7 Å². The topological polar surface area (TPSA) is 94.8 Å². The molecule has 3 aromatic carbocycles. The van der Waals surface area contributed by atoms with Gasteiger partial charge in [-0.25, -0.2) is 0 Å². The third-order valence-corrected chi connectivity index (χ3v) is 8.34. The maximum atomic E-state index is 14.1. The van der Waals surface area contributed by atoms with Crippen LogP contribution in [0.15, 0.2) is 69.9 Å². The molecule has 0 radical (unpaired) electrons. The third kappa shape index (κ3) is 4.76. The Balaban J connectivity index is 1.50. The Kier molecular flexibility index (Phi) is 7.05. The van der Waals surface area contributed by atoms with Gasteiger partial charge in [-0.05, 0) is 73.7 Å². The molecule has 0 saturated heterocycles. The highest BCUT2D eigenvalue weighted by atomic mass is 32.1. The van der Waals surface area contributed by atoms with E-state index in [0.29, 0.717) is 52.8 Å². The van der Waals surface area contributed by atoms with Crippen molar-refractivity contribution in [2.24, 2.45) is 0 Å². The SMILES string of the molecule is CCOc1cc(C2c3c(oc4cc(C)c(C)cc4c3=O)C(=O)N2c2nnc(CC)s2)ccc1OCc1ccccc1. The fraction of sp³-hybridized carbons (Fsp3) is 0.250. The molecule has 1 aliphatic rings. The van der Waals surface area contributed by atoms with E-state index in [4.69, 9.17) is 13.9 Å². The summed E-state index contributed by atoms with van der Waals surface area (Å²) in [5.41, 5.74) is 4.07. The zero-order valence-corrected chi connectivity index (χ0v) is 24.1. The molecule has 1 amide bonds. The number of amides is 1. The maximum absolute atomic E-state index is 14.1. The number of carbonyl (C=O) groups excluding carboxylic acids is 1. The predicted octanol–water partition coefficient (Wildman–Crippen LogP) is 6.55. The second-order valence-corrected chi connectivity index (χ2v) is 11.0. The van der Waals surface area contributed by atoms with Crippen LogP contribution < -0.4 is 19.8 Å². The van der Waals surface area contributed by atoms with Crippen LogP contribution in [0.5, 0.6) is 11.5 Å². The molecule has 8 nitrogen and oxygen atoms in total. The molecule has 2 aromatic heterocycles. The van der Waals surface area contributed by atoms with Crippen molar-refractivity contribution in [2.45, 2.75) is 46.8 Å². The van der Waals surface area contributed by atoms with Gasteiger partial charge in [-0.2, -0.15) is 0 Å². The summed E-state index contributed by atoms with van der Waals surface area (Å²) >= 11 is 1.32. The molecule has 0 bridgehead atoms. The van der Waals surface area contributed by atoms with Gasteiger partial charge in [0.2, 0.25) is 10.9 Å². The molecule has 0 saturated carbocycles. The molecule has 0 aliphatic carbocycles. The molecule has 9 heteroatoms. The van der Waals surface area contributed by atoms with E-state index < -0.39 is 11.9 Å². The zero-order valence-electron chi connectivity index (χ0n) is 23.3. The van der Waals surface area contributed by atoms with Gasteiger partial charge >= 0.3 is 0 Å². The van der Waals surface area contributed by atoms with E-state index in [1.165, 1.54) is 16.2 Å². The fourth-order valence-corrected chi connectivity index (χ4v) is 5.85. The van der Waals surface area contributed by atoms with Crippen LogP contribution >= 0.6 is 11.3 Å². The van der Waals surface area contributed by atoms with Gasteiger partial charge in [0.15, 0.2) is 16.9 Å². The smallest absolute Gasteiger partial charge is 0.297 e. The number of carbonyl (C=O) groups is 1. The average molecular weight is 568 g/mol. The van der Waals surface area contributed by atoms with E-state index in [1.54, 1.807) is 0 Å². The lowest BCUT2D eigenvalue weighted by Gasteiger charge is -2.23. The van der Waals surface area contributed by atoms with E-state index in [-0.39, 0.29) is 16.8 Å². The van der Waals surface area contributed by atoms with Gasteiger partial charge in [-0.15, -0.1) is 10.2 Å². The van der Waals surface area contributed by atoms with Gasteiger partial charge < -0.3 is 13.9 Å². The summed E-state index contributed by atoms with van der Waals surface area (Å²) in [6.07, 6.45) is 0.679. The Bertz CT molecular complexity index is 1830. The minimum atomic E-state index is -0.778. The van der Waals surface area contributed by atoms with Gasteiger partial charge in [0, 0.05) is 0 Å². The molecule has 1 atom stereocenters. The largest absolute Gasteiger partial charge is 0.490 e. The van der Waals surface area contributed by atoms with Crippen molar-refractivity contribution in [3.63, 3.8) is 0 Å². The summed E-state index contributed by atoms with van der Waals surface area (Å²) in [4.78, 5) is 29.5. The van der Waals surface area contributed by atoms with Crippen LogP contribution in [0, 0.1) is 13.8 Å². The number of hydrogen-bond donors (Lipinski definition) is 0. The van der Waals surface area contributed by atoms with Gasteiger partial charge in [-0.3, -0.25) is 14.5 Å². The highest BCUT2D eigenvalue weighted by molar-refractivity contribution is 7.15. The molecule has 1 unspecified atom stereocenters. The minimum absolute atomic E-state index is 0.0198. The number of anilines is 1. The molecular formula is C32H29N3O5S. The monoisotopic (exact) mass is 567 g/mol. The van der Waals surface area contributed by atoms with E-state index in [9.17, 15) is 9.59 Å². The lowest BCUT2D eigenvalue weighted by molar-refractivity contribution is 0.0970. The summed E-state index contributed by atoms with van der Waals surface area (Å²) in [5.74, 6) is 0.677. The van der Waals surface area contributed by atoms with Crippen molar-refractivity contribution in [2.75, 3.05) is 11.5 Å². The highest BCUT2D eigenvalue weighted by Gasteiger charge is 2.45. The lowest BCUT2D eigenvalue weighted by Crippen LogP contribution is -2.29. The van der Waals surface area contributed by atoms with Crippen LogP contribution in [0.2, 0.25) is 0 Å². The first-order valence-electron chi connectivity index (χ1n) is 13.6. The molecule has 41 heavy (non-hydrogen) atoms. The minimum Gasteiger partial charge on any atom is -0.490 e. The van der Waals surface area contributed by atoms with Gasteiger partial charge in [-0.1, -0.05) is 54.7 Å². The van der Waals surface area contributed by atoms with Crippen molar-refractivity contribution in [1.82, 2.24) is 10.2 Å². The summed E-state index contributed by atoms with van der Waals surface area (Å²) in [6.45, 7) is 8.56. The first-order chi connectivity index (χ1) is 19.9. The number of aryl methyl sites for hydroxylation is 3. The Morgan fingerprint density at radius 3 is 2.44 bits per heavy atom. The summed E-state index contributed by atoms with van der Waals surface area (Å²) in [5, 5.41) is 10.2. The Labute approximate surface area is 241 Å². The van der Waals surface area contributed by atoms with Gasteiger partial charge in [0.25, 0.3) is 5.91 Å². The molecule has 6 rings (SSSR count). The van der Waals surface area contributed by atoms with Gasteiger partial charge in [0.1, 0.15) is 17.2 Å². The van der Waals surface area contributed by atoms with Crippen LogP contribution in [0.3, 0.4) is 0 Å². The second-order valence-electron chi connectivity index (χ2n) is 9.93. The predicted molar refractivity (Wildman–Crippen MR) is 158 cm³/mol. The summed E-state index contributed by atoms with van der Waals surface area (Å²) in [6, 6.07) is 18.2. The zero-order chi connectivity index (χ0) is 28.7. The number of rotatable bonds is 8. The Hall–Kier alpha value is -4.50. The van der Waals surface area contributed by atoms with Crippen molar-refractivity contribution in [1.29, 1.82) is 0 Å². The van der Waals surface area contributed by atoms with E-state index in [2.05, 4.69) is 10.2 Å². The highest BCUT2D eigenvalue weighted by Crippen LogP contribution is 2.44. The molecule has 5 aromatic rings. The lowest BCUT2D eigenvalue weighted by atomic mass is 9.97. The average Bonchev–Trinajstić information content (AvgIpc) is 3.57. The molecular weight excluding hydrogens is 538 g/mol. The van der Waals surface area contributed by atoms with Crippen molar-refractivity contribution in [3.8, 4) is 11.5 Å². The fourth-order valence-electron chi connectivity index (χ4n) is 5.04. The maximum Gasteiger partial charge on any atom is 0.297 e. The number of benzene rings is 3. The molecule has 0 fully saturated rings. The third-order valence-electron chi connectivity index (χ3n) is 7.27. The first kappa shape index (κ1) is 26.7. The number of ether oxygens (including phenoxy) is 2. The number of hydrogen-bond acceptors (Lipinski definition) is 8. The molecule has 3 heterocycles. The standard InChI is InChI=1S/C32H29N3O5S/c1-5-26-33-34-32(41-26)35-28(27-29(36)22-14-18(3)19(4)15-24(22)40-30(27)31(35)37)21-12-13-23(25(16-21)38-6-2)39-17-20-10-8-7-9-11-20/h7-16,28H,5-6,17H2,1-4H3. The quantitative estimate of drug-likeness (QED) is 0.210. The molecule has 0 spiro atoms. The van der Waals surface area contributed by atoms with Crippen LogP contribution in [0.25, 0.3) is 11.0 Å². The van der Waals surface area contributed by atoms with Crippen LogP contribution in [-0.2, 0) is 13.0 Å². The van der Waals surface area contributed by atoms with E-state index in [1.807, 2.05) is 88.4 Å². The van der Waals surface area contributed by atoms with E-state index >= 15 is 0 Å². The second kappa shape index (κ2) is 10.8. The van der Waals surface area contributed by atoms with Crippen molar-refractivity contribution >= 4 is 33.3 Å². The Morgan fingerprint density at radius 1 is 0.927 bits per heavy atom.